The minimum Gasteiger partial charge on any atom is -0.370 e. The van der Waals surface area contributed by atoms with E-state index in [0.717, 1.165) is 0 Å². The smallest absolute Gasteiger partial charge is 0.249 e. The van der Waals surface area contributed by atoms with Crippen LogP contribution in [0.5, 0.6) is 0 Å². The van der Waals surface area contributed by atoms with Gasteiger partial charge >= 0.3 is 0 Å². The van der Waals surface area contributed by atoms with Gasteiger partial charge in [0.15, 0.2) is 0 Å². The van der Waals surface area contributed by atoms with Gasteiger partial charge in [-0.1, -0.05) is 0 Å². The number of carbonyl (C=O) groups excluding carboxylic acids is 2. The lowest BCUT2D eigenvalue weighted by atomic mass is 10.4. The first kappa shape index (κ1) is 14.9. The Morgan fingerprint density at radius 3 is 2.31 bits per heavy atom. The van der Waals surface area contributed by atoms with Gasteiger partial charge in [-0.3, -0.25) is 9.59 Å². The van der Waals surface area contributed by atoms with E-state index in [-0.39, 0.29) is 25.0 Å². The lowest BCUT2D eigenvalue weighted by Crippen LogP contribution is -2.41. The zero-order chi connectivity index (χ0) is 12.6. The highest BCUT2D eigenvalue weighted by Gasteiger charge is 2.16. The van der Waals surface area contributed by atoms with Crippen LogP contribution in [-0.4, -0.2) is 68.6 Å². The molecule has 0 unspecified atom stereocenters. The van der Waals surface area contributed by atoms with Gasteiger partial charge in [-0.25, -0.2) is 0 Å². The number of rotatable bonds is 7. The van der Waals surface area contributed by atoms with E-state index in [2.05, 4.69) is 0 Å². The van der Waals surface area contributed by atoms with Gasteiger partial charge in [-0.2, -0.15) is 0 Å². The van der Waals surface area contributed by atoms with Crippen molar-refractivity contribution < 1.29 is 14.3 Å². The number of nitrogens with zero attached hydrogens (tertiary/aromatic N) is 2. The van der Waals surface area contributed by atoms with Crippen molar-refractivity contribution in [3.8, 4) is 0 Å². The number of hydrogen-bond acceptors (Lipinski definition) is 4. The van der Waals surface area contributed by atoms with Gasteiger partial charge in [0.1, 0.15) is 6.61 Å². The molecule has 2 N–H and O–H groups in total. The monoisotopic (exact) mass is 231 g/mol. The van der Waals surface area contributed by atoms with E-state index in [0.29, 0.717) is 19.7 Å². The van der Waals surface area contributed by atoms with Crippen LogP contribution in [0, 0.1) is 0 Å². The molecule has 94 valence electrons. The third kappa shape index (κ3) is 5.67. The molecule has 0 spiro atoms. The summed E-state index contributed by atoms with van der Waals surface area (Å²) in [6, 6.07) is 0. The van der Waals surface area contributed by atoms with Crippen LogP contribution in [0.25, 0.3) is 0 Å². The van der Waals surface area contributed by atoms with Crippen molar-refractivity contribution in [1.82, 2.24) is 9.80 Å². The first-order chi connectivity index (χ1) is 7.52. The highest BCUT2D eigenvalue weighted by molar-refractivity contribution is 5.85. The molecule has 0 aliphatic heterocycles. The van der Waals surface area contributed by atoms with Gasteiger partial charge < -0.3 is 20.3 Å². The van der Waals surface area contributed by atoms with Crippen LogP contribution >= 0.6 is 0 Å². The Hall–Kier alpha value is -1.14. The Balaban J connectivity index is 4.06. The molecule has 0 rings (SSSR count). The first-order valence-electron chi connectivity index (χ1n) is 5.28. The molecule has 0 saturated heterocycles. The average Bonchev–Trinajstić information content (AvgIpc) is 2.25. The summed E-state index contributed by atoms with van der Waals surface area (Å²) in [6.45, 7) is 3.12. The largest absolute Gasteiger partial charge is 0.370 e. The average molecular weight is 231 g/mol. The van der Waals surface area contributed by atoms with Crippen molar-refractivity contribution in [2.75, 3.05) is 46.9 Å². The summed E-state index contributed by atoms with van der Waals surface area (Å²) < 4.78 is 5.03. The molecule has 0 radical (unpaired) electrons. The van der Waals surface area contributed by atoms with E-state index in [1.165, 1.54) is 9.80 Å². The lowest BCUT2D eigenvalue weighted by Gasteiger charge is -2.22. The highest BCUT2D eigenvalue weighted by Crippen LogP contribution is 1.93. The summed E-state index contributed by atoms with van der Waals surface area (Å²) in [4.78, 5) is 25.9. The predicted octanol–water partition coefficient (Wildman–Crippen LogP) is -1.10. The van der Waals surface area contributed by atoms with Gasteiger partial charge in [0.25, 0.3) is 0 Å². The minimum atomic E-state index is -0.189. The van der Waals surface area contributed by atoms with Crippen LogP contribution in [0.1, 0.15) is 6.92 Å². The van der Waals surface area contributed by atoms with E-state index < -0.39 is 0 Å². The molecule has 16 heavy (non-hydrogen) atoms. The number of carbonyl (C=O) groups is 2. The molecule has 0 saturated carbocycles. The molecule has 0 aromatic carbocycles. The van der Waals surface area contributed by atoms with Crippen LogP contribution < -0.4 is 5.73 Å². The van der Waals surface area contributed by atoms with E-state index in [1.807, 2.05) is 6.92 Å². The second kappa shape index (κ2) is 8.06. The molecule has 0 aliphatic carbocycles. The number of likely N-dealkylation sites (N-methyl/N-ethyl adjacent to an activating group) is 2. The third-order valence-electron chi connectivity index (χ3n) is 2.05. The summed E-state index contributed by atoms with van der Waals surface area (Å²) in [7, 11) is 3.32. The minimum absolute atomic E-state index is 0.0221. The molecule has 0 fully saturated rings. The van der Waals surface area contributed by atoms with Crippen molar-refractivity contribution in [1.29, 1.82) is 0 Å². The number of ether oxygens (including phenoxy) is 1. The van der Waals surface area contributed by atoms with Crippen molar-refractivity contribution in [2.24, 2.45) is 5.73 Å². The van der Waals surface area contributed by atoms with Crippen LogP contribution in [0.2, 0.25) is 0 Å². The molecular formula is C10H21N3O3. The van der Waals surface area contributed by atoms with Gasteiger partial charge in [0, 0.05) is 27.2 Å². The maximum atomic E-state index is 11.6. The lowest BCUT2D eigenvalue weighted by molar-refractivity contribution is -0.142. The number of amides is 2. The van der Waals surface area contributed by atoms with E-state index >= 15 is 0 Å². The van der Waals surface area contributed by atoms with Crippen molar-refractivity contribution in [3.05, 3.63) is 0 Å². The van der Waals surface area contributed by atoms with E-state index in [1.54, 1.807) is 14.1 Å². The Morgan fingerprint density at radius 1 is 1.25 bits per heavy atom. The molecule has 0 aromatic rings. The summed E-state index contributed by atoms with van der Waals surface area (Å²) >= 11 is 0. The Bertz CT molecular complexity index is 231. The van der Waals surface area contributed by atoms with Crippen LogP contribution in [0.15, 0.2) is 0 Å². The summed E-state index contributed by atoms with van der Waals surface area (Å²) in [5.41, 5.74) is 5.23. The van der Waals surface area contributed by atoms with Crippen LogP contribution in [-0.2, 0) is 14.3 Å². The third-order valence-corrected chi connectivity index (χ3v) is 2.05. The van der Waals surface area contributed by atoms with Crippen LogP contribution in [0.3, 0.4) is 0 Å². The molecule has 0 atom stereocenters. The topological polar surface area (TPSA) is 75.9 Å². The van der Waals surface area contributed by atoms with Gasteiger partial charge in [-0.15, -0.1) is 0 Å². The molecule has 0 heterocycles. The maximum Gasteiger partial charge on any atom is 0.249 e. The fourth-order valence-electron chi connectivity index (χ4n) is 1.02. The predicted molar refractivity (Wildman–Crippen MR) is 60.8 cm³/mol. The number of nitrogens with two attached hydrogens (primary N) is 1. The summed E-state index contributed by atoms with van der Waals surface area (Å²) in [6.07, 6.45) is 0. The van der Waals surface area contributed by atoms with Crippen molar-refractivity contribution in [2.45, 2.75) is 6.92 Å². The fourth-order valence-corrected chi connectivity index (χ4v) is 1.02. The Morgan fingerprint density at radius 2 is 1.88 bits per heavy atom. The zero-order valence-electron chi connectivity index (χ0n) is 10.2. The van der Waals surface area contributed by atoms with E-state index in [9.17, 15) is 9.59 Å². The normalized spacial score (nSPS) is 10.0. The standard InChI is InChI=1S/C10H21N3O3/c1-4-13(7-9(14)12(2)3)10(15)8-16-6-5-11/h4-8,11H2,1-3H3. The second-order valence-electron chi connectivity index (χ2n) is 3.54. The van der Waals surface area contributed by atoms with Crippen LogP contribution in [0.4, 0.5) is 0 Å². The van der Waals surface area contributed by atoms with Gasteiger partial charge in [0.2, 0.25) is 11.8 Å². The fraction of sp³-hybridized carbons (Fsp3) is 0.800. The molecule has 0 aromatic heterocycles. The van der Waals surface area contributed by atoms with Crippen molar-refractivity contribution in [3.63, 3.8) is 0 Å². The molecule has 6 heteroatoms. The number of hydrogen-bond donors (Lipinski definition) is 1. The quantitative estimate of drug-likeness (QED) is 0.564. The molecular weight excluding hydrogens is 210 g/mol. The maximum absolute atomic E-state index is 11.6. The second-order valence-corrected chi connectivity index (χ2v) is 3.54. The Kier molecular flexibility index (Phi) is 7.49. The molecule has 0 aliphatic rings. The highest BCUT2D eigenvalue weighted by atomic mass is 16.5. The summed E-state index contributed by atoms with van der Waals surface area (Å²) in [5, 5.41) is 0. The molecule has 0 bridgehead atoms. The van der Waals surface area contributed by atoms with Gasteiger partial charge in [-0.05, 0) is 6.92 Å². The van der Waals surface area contributed by atoms with Crippen molar-refractivity contribution >= 4 is 11.8 Å². The molecule has 2 amide bonds. The zero-order valence-corrected chi connectivity index (χ0v) is 10.2. The van der Waals surface area contributed by atoms with E-state index in [4.69, 9.17) is 10.5 Å². The first-order valence-corrected chi connectivity index (χ1v) is 5.28. The summed E-state index contributed by atoms with van der Waals surface area (Å²) in [5.74, 6) is -0.292. The Labute approximate surface area is 96.3 Å². The van der Waals surface area contributed by atoms with Gasteiger partial charge in [0.05, 0.1) is 13.2 Å². The molecule has 6 nitrogen and oxygen atoms in total. The SMILES string of the molecule is CCN(CC(=O)N(C)C)C(=O)COCCN.